The molecule has 0 unspecified atom stereocenters. The largest absolute Gasteiger partial charge is 0.320 e. The predicted octanol–water partition coefficient (Wildman–Crippen LogP) is 1.70. The molecule has 0 aromatic carbocycles. The lowest BCUT2D eigenvalue weighted by molar-refractivity contribution is 0.688. The molecule has 2 N–H and O–H groups in total. The summed E-state index contributed by atoms with van der Waals surface area (Å²) < 4.78 is 1.86. The Hall–Kier alpha value is -1.75. The van der Waals surface area contributed by atoms with Gasteiger partial charge in [0.05, 0.1) is 22.6 Å². The summed E-state index contributed by atoms with van der Waals surface area (Å²) in [7, 11) is 1.95. The maximum atomic E-state index is 6.13. The molecule has 2 aromatic rings. The Kier molecular flexibility index (Phi) is 2.12. The second kappa shape index (κ2) is 3.63. The Balaban J connectivity index is 1.72. The van der Waals surface area contributed by atoms with Crippen molar-refractivity contribution in [2.45, 2.75) is 37.1 Å². The van der Waals surface area contributed by atoms with Crippen LogP contribution in [0.3, 0.4) is 0 Å². The second-order valence-electron chi connectivity index (χ2n) is 5.84. The van der Waals surface area contributed by atoms with Gasteiger partial charge in [0.1, 0.15) is 0 Å². The molecule has 4 rings (SSSR count). The number of hydrogen-bond donors (Lipinski definition) is 1. The lowest BCUT2D eigenvalue weighted by Crippen LogP contribution is -2.20. The van der Waals surface area contributed by atoms with Gasteiger partial charge in [0.2, 0.25) is 0 Å². The van der Waals surface area contributed by atoms with Crippen LogP contribution in [0.15, 0.2) is 18.3 Å². The first-order chi connectivity index (χ1) is 9.16. The van der Waals surface area contributed by atoms with Crippen LogP contribution in [0.4, 0.5) is 0 Å². The average molecular weight is 255 g/mol. The molecule has 0 saturated heterocycles. The molecule has 2 heterocycles. The minimum absolute atomic E-state index is 0.209. The van der Waals surface area contributed by atoms with Crippen molar-refractivity contribution in [3.8, 4) is 11.3 Å². The van der Waals surface area contributed by atoms with Crippen LogP contribution < -0.4 is 5.73 Å². The number of rotatable bonds is 3. The van der Waals surface area contributed by atoms with E-state index < -0.39 is 0 Å². The van der Waals surface area contributed by atoms with E-state index in [1.54, 1.807) is 0 Å². The molecular formula is C14H17N5. The van der Waals surface area contributed by atoms with Gasteiger partial charge in [-0.25, -0.2) is 0 Å². The van der Waals surface area contributed by atoms with Crippen molar-refractivity contribution in [1.29, 1.82) is 0 Å². The highest BCUT2D eigenvalue weighted by Gasteiger charge is 2.41. The third kappa shape index (κ3) is 1.85. The number of nitrogens with two attached hydrogens (primary N) is 1. The molecule has 19 heavy (non-hydrogen) atoms. The van der Waals surface area contributed by atoms with Crippen LogP contribution in [0, 0.1) is 0 Å². The summed E-state index contributed by atoms with van der Waals surface area (Å²) in [5.41, 5.74) is 10.0. The molecule has 2 aliphatic carbocycles. The lowest BCUT2D eigenvalue weighted by atomic mass is 10.1. The highest BCUT2D eigenvalue weighted by molar-refractivity contribution is 5.62. The lowest BCUT2D eigenvalue weighted by Gasteiger charge is -2.07. The summed E-state index contributed by atoms with van der Waals surface area (Å²) in [6.45, 7) is 0. The molecule has 0 aliphatic heterocycles. The van der Waals surface area contributed by atoms with E-state index in [4.69, 9.17) is 5.73 Å². The van der Waals surface area contributed by atoms with Crippen LogP contribution in [0.1, 0.15) is 43.0 Å². The quantitative estimate of drug-likeness (QED) is 0.906. The fourth-order valence-electron chi connectivity index (χ4n) is 2.49. The molecule has 5 heteroatoms. The van der Waals surface area contributed by atoms with E-state index in [1.165, 1.54) is 18.5 Å². The van der Waals surface area contributed by atoms with E-state index in [0.717, 1.165) is 29.8 Å². The average Bonchev–Trinajstić information content (AvgIpc) is 3.32. The Bertz CT molecular complexity index is 620. The van der Waals surface area contributed by atoms with Gasteiger partial charge < -0.3 is 5.73 Å². The van der Waals surface area contributed by atoms with Gasteiger partial charge in [0, 0.05) is 24.7 Å². The van der Waals surface area contributed by atoms with Crippen molar-refractivity contribution in [1.82, 2.24) is 20.0 Å². The first-order valence-electron chi connectivity index (χ1n) is 6.83. The second-order valence-corrected chi connectivity index (χ2v) is 5.84. The summed E-state index contributed by atoms with van der Waals surface area (Å²) in [5, 5.41) is 13.2. The molecule has 2 fully saturated rings. The molecule has 0 spiro atoms. The highest BCUT2D eigenvalue weighted by Crippen LogP contribution is 2.44. The number of aryl methyl sites for hydroxylation is 1. The van der Waals surface area contributed by atoms with Gasteiger partial charge in [-0.2, -0.15) is 15.3 Å². The molecule has 98 valence electrons. The van der Waals surface area contributed by atoms with Crippen molar-refractivity contribution in [2.75, 3.05) is 0 Å². The van der Waals surface area contributed by atoms with Crippen molar-refractivity contribution < 1.29 is 0 Å². The number of hydrogen-bond acceptors (Lipinski definition) is 4. The monoisotopic (exact) mass is 255 g/mol. The van der Waals surface area contributed by atoms with Crippen molar-refractivity contribution in [3.05, 3.63) is 29.7 Å². The predicted molar refractivity (Wildman–Crippen MR) is 71.3 cm³/mol. The summed E-state index contributed by atoms with van der Waals surface area (Å²) in [6, 6.07) is 4.04. The summed E-state index contributed by atoms with van der Waals surface area (Å²) >= 11 is 0. The number of nitrogens with zero attached hydrogens (tertiary/aromatic N) is 4. The highest BCUT2D eigenvalue weighted by atomic mass is 15.3. The van der Waals surface area contributed by atoms with Gasteiger partial charge in [-0.05, 0) is 37.8 Å². The van der Waals surface area contributed by atoms with Crippen LogP contribution >= 0.6 is 0 Å². The van der Waals surface area contributed by atoms with Crippen molar-refractivity contribution in [3.63, 3.8) is 0 Å². The van der Waals surface area contributed by atoms with E-state index in [0.29, 0.717) is 5.92 Å². The third-order valence-electron chi connectivity index (χ3n) is 4.06. The van der Waals surface area contributed by atoms with Crippen molar-refractivity contribution >= 4 is 0 Å². The third-order valence-corrected chi connectivity index (χ3v) is 4.06. The van der Waals surface area contributed by atoms with Crippen LogP contribution in [-0.4, -0.2) is 20.0 Å². The topological polar surface area (TPSA) is 69.6 Å². The summed E-state index contributed by atoms with van der Waals surface area (Å²) in [6.07, 6.45) is 6.54. The van der Waals surface area contributed by atoms with E-state index in [9.17, 15) is 0 Å². The Morgan fingerprint density at radius 1 is 1.26 bits per heavy atom. The first kappa shape index (κ1) is 11.1. The van der Waals surface area contributed by atoms with E-state index in [2.05, 4.69) is 15.3 Å². The minimum atomic E-state index is -0.209. The molecule has 2 aliphatic rings. The van der Waals surface area contributed by atoms with Gasteiger partial charge >= 0.3 is 0 Å². The van der Waals surface area contributed by atoms with Crippen LogP contribution in [-0.2, 0) is 12.6 Å². The molecule has 5 nitrogen and oxygen atoms in total. The van der Waals surface area contributed by atoms with E-state index >= 15 is 0 Å². The first-order valence-corrected chi connectivity index (χ1v) is 6.83. The maximum absolute atomic E-state index is 6.13. The van der Waals surface area contributed by atoms with Crippen LogP contribution in [0.5, 0.6) is 0 Å². The fraction of sp³-hybridized carbons (Fsp3) is 0.500. The maximum Gasteiger partial charge on any atom is 0.0964 e. The van der Waals surface area contributed by atoms with Crippen LogP contribution in [0.25, 0.3) is 11.3 Å². The minimum Gasteiger partial charge on any atom is -0.320 e. The molecule has 0 amide bonds. The Morgan fingerprint density at radius 2 is 2.05 bits per heavy atom. The SMILES string of the molecule is Cn1cc(-c2ccc(C3(N)CC3)nn2)c(C2CC2)n1. The van der Waals surface area contributed by atoms with E-state index in [1.807, 2.05) is 30.1 Å². The van der Waals surface area contributed by atoms with Crippen molar-refractivity contribution in [2.24, 2.45) is 12.8 Å². The zero-order valence-corrected chi connectivity index (χ0v) is 11.0. The van der Waals surface area contributed by atoms with Gasteiger partial charge in [-0.3, -0.25) is 4.68 Å². The normalized spacial score (nSPS) is 20.5. The van der Waals surface area contributed by atoms with Gasteiger partial charge in [0.25, 0.3) is 0 Å². The van der Waals surface area contributed by atoms with Gasteiger partial charge in [-0.1, -0.05) is 0 Å². The molecule has 2 saturated carbocycles. The molecule has 2 aromatic heterocycles. The Morgan fingerprint density at radius 3 is 2.63 bits per heavy atom. The van der Waals surface area contributed by atoms with Gasteiger partial charge in [0.15, 0.2) is 0 Å². The molecule has 0 radical (unpaired) electrons. The molecule has 0 bridgehead atoms. The molecular weight excluding hydrogens is 238 g/mol. The zero-order chi connectivity index (χ0) is 13.0. The van der Waals surface area contributed by atoms with Gasteiger partial charge in [-0.15, -0.1) is 0 Å². The number of aromatic nitrogens is 4. The fourth-order valence-corrected chi connectivity index (χ4v) is 2.49. The zero-order valence-electron chi connectivity index (χ0n) is 11.0. The Labute approximate surface area is 111 Å². The molecule has 0 atom stereocenters. The summed E-state index contributed by atoms with van der Waals surface area (Å²) in [5.74, 6) is 0.613. The standard InChI is InChI=1S/C14H17N5/c1-19-8-10(13(18-19)9-2-3-9)11-4-5-12(17-16-11)14(15)6-7-14/h4-5,8-9H,2-3,6-7,15H2,1H3. The van der Waals surface area contributed by atoms with E-state index in [-0.39, 0.29) is 5.54 Å². The smallest absolute Gasteiger partial charge is 0.0964 e. The summed E-state index contributed by atoms with van der Waals surface area (Å²) in [4.78, 5) is 0. The van der Waals surface area contributed by atoms with Crippen LogP contribution in [0.2, 0.25) is 0 Å².